The Bertz CT molecular complexity index is 574. The predicted molar refractivity (Wildman–Crippen MR) is 69.1 cm³/mol. The van der Waals surface area contributed by atoms with Crippen LogP contribution in [0.5, 0.6) is 0 Å². The number of amides is 1. The van der Waals surface area contributed by atoms with E-state index in [1.165, 1.54) is 4.90 Å². The second-order valence-corrected chi connectivity index (χ2v) is 4.77. The third kappa shape index (κ3) is 1.98. The van der Waals surface area contributed by atoms with Crippen LogP contribution in [0.1, 0.15) is 0 Å². The van der Waals surface area contributed by atoms with E-state index in [0.717, 1.165) is 0 Å². The molecular weight excluding hydrogens is 284 g/mol. The summed E-state index contributed by atoms with van der Waals surface area (Å²) in [6, 6.07) is -1.04. The molecule has 114 valence electrons. The first-order chi connectivity index (χ1) is 9.93. The van der Waals surface area contributed by atoms with Crippen molar-refractivity contribution in [3.8, 4) is 0 Å². The molecule has 3 aliphatic rings. The van der Waals surface area contributed by atoms with Gasteiger partial charge in [0.25, 0.3) is 5.91 Å². The van der Waals surface area contributed by atoms with Crippen molar-refractivity contribution in [1.82, 2.24) is 4.90 Å². The Morgan fingerprint density at radius 1 is 1.24 bits per heavy atom. The Kier molecular flexibility index (Phi) is 3.13. The average Bonchev–Trinajstić information content (AvgIpc) is 2.89. The number of nitrogens with two attached hydrogens (primary N) is 2. The lowest BCUT2D eigenvalue weighted by atomic mass is 10.1. The Hall–Kier alpha value is -2.08. The summed E-state index contributed by atoms with van der Waals surface area (Å²) in [6.07, 6.45) is -4.79. The van der Waals surface area contributed by atoms with Crippen LogP contribution < -0.4 is 11.5 Å². The Morgan fingerprint density at radius 3 is 2.57 bits per heavy atom. The number of aliphatic imine (C=N–C) groups is 3. The van der Waals surface area contributed by atoms with Crippen molar-refractivity contribution in [3.63, 3.8) is 0 Å². The molecule has 0 bridgehead atoms. The largest absolute Gasteiger partial charge is 0.394 e. The lowest BCUT2D eigenvalue weighted by Gasteiger charge is -2.28. The summed E-state index contributed by atoms with van der Waals surface area (Å²) in [6.45, 7) is -0.488. The molecule has 1 fully saturated rings. The third-order valence-corrected chi connectivity index (χ3v) is 3.46. The van der Waals surface area contributed by atoms with E-state index in [9.17, 15) is 15.0 Å². The maximum atomic E-state index is 11.7. The highest BCUT2D eigenvalue weighted by Gasteiger charge is 2.51. The molecule has 11 heteroatoms. The van der Waals surface area contributed by atoms with Crippen molar-refractivity contribution < 1.29 is 24.9 Å². The van der Waals surface area contributed by atoms with Gasteiger partial charge >= 0.3 is 0 Å². The van der Waals surface area contributed by atoms with Crippen molar-refractivity contribution in [1.29, 1.82) is 0 Å². The van der Waals surface area contributed by atoms with Crippen LogP contribution in [-0.2, 0) is 9.53 Å². The summed E-state index contributed by atoms with van der Waals surface area (Å²) in [5.74, 6) is -0.936. The second kappa shape index (κ2) is 4.73. The molecule has 0 aliphatic carbocycles. The molecule has 21 heavy (non-hydrogen) atoms. The van der Waals surface area contributed by atoms with E-state index in [4.69, 9.17) is 21.3 Å². The fourth-order valence-electron chi connectivity index (χ4n) is 2.45. The van der Waals surface area contributed by atoms with Gasteiger partial charge in [0.1, 0.15) is 18.3 Å². The summed E-state index contributed by atoms with van der Waals surface area (Å²) >= 11 is 0. The highest BCUT2D eigenvalue weighted by atomic mass is 16.6. The van der Waals surface area contributed by atoms with E-state index >= 15 is 0 Å². The highest BCUT2D eigenvalue weighted by molar-refractivity contribution is 6.24. The number of hydrogen-bond donors (Lipinski definition) is 5. The van der Waals surface area contributed by atoms with Crippen molar-refractivity contribution in [2.45, 2.75) is 30.6 Å². The Labute approximate surface area is 118 Å². The monoisotopic (exact) mass is 298 g/mol. The Morgan fingerprint density at radius 2 is 1.95 bits per heavy atom. The molecule has 5 atom stereocenters. The zero-order valence-corrected chi connectivity index (χ0v) is 10.7. The maximum absolute atomic E-state index is 11.7. The van der Waals surface area contributed by atoms with Gasteiger partial charge in [-0.3, -0.25) is 9.69 Å². The number of fused-ring (bicyclic) bond motifs is 1. The van der Waals surface area contributed by atoms with Gasteiger partial charge in [-0.25, -0.2) is 4.99 Å². The maximum Gasteiger partial charge on any atom is 0.281 e. The van der Waals surface area contributed by atoms with Gasteiger partial charge in [0, 0.05) is 0 Å². The number of rotatable bonds is 2. The fraction of sp³-hybridized carbons (Fsp3) is 0.600. The molecule has 1 unspecified atom stereocenters. The molecule has 0 spiro atoms. The predicted octanol–water partition coefficient (Wildman–Crippen LogP) is -4.32. The average molecular weight is 298 g/mol. The molecule has 1 amide bonds. The number of amidine groups is 1. The van der Waals surface area contributed by atoms with Gasteiger partial charge in [-0.1, -0.05) is 0 Å². The lowest BCUT2D eigenvalue weighted by Crippen LogP contribution is -2.53. The number of aliphatic hydroxyl groups is 3. The fourth-order valence-corrected chi connectivity index (χ4v) is 2.45. The SMILES string of the molecule is NC1=NC(=O)C2N=C(N)N([C@@H]3O[C@H](CO)[C@@H](O)[C@H]3O)C2=N1. The van der Waals surface area contributed by atoms with Gasteiger partial charge in [0.15, 0.2) is 24.1 Å². The first-order valence-electron chi connectivity index (χ1n) is 6.15. The van der Waals surface area contributed by atoms with Gasteiger partial charge in [-0.05, 0) is 0 Å². The van der Waals surface area contributed by atoms with E-state index in [0.29, 0.717) is 0 Å². The van der Waals surface area contributed by atoms with Crippen LogP contribution in [0.2, 0.25) is 0 Å². The molecule has 0 aromatic carbocycles. The van der Waals surface area contributed by atoms with Crippen LogP contribution in [0.25, 0.3) is 0 Å². The van der Waals surface area contributed by atoms with Crippen LogP contribution in [0.4, 0.5) is 0 Å². The summed E-state index contributed by atoms with van der Waals surface area (Å²) in [7, 11) is 0. The van der Waals surface area contributed by atoms with Crippen LogP contribution >= 0.6 is 0 Å². The number of carbonyl (C=O) groups excluding carboxylic acids is 1. The molecule has 1 saturated heterocycles. The standard InChI is InChI=1S/C10H14N6O5/c11-9-14-6-3(7(20)15-9)13-10(12)16(6)8-5(19)4(18)2(1-17)21-8/h2-5,8,17-19H,1H2,(H2,12,13)(H2,11,15,20)/t2-,3?,4-,5-,8-/m1/s1. The van der Waals surface area contributed by atoms with E-state index in [2.05, 4.69) is 15.0 Å². The van der Waals surface area contributed by atoms with Crippen molar-refractivity contribution >= 4 is 23.7 Å². The van der Waals surface area contributed by atoms with Crippen molar-refractivity contribution in [2.24, 2.45) is 26.4 Å². The molecule has 0 radical (unpaired) electrons. The lowest BCUT2D eigenvalue weighted by molar-refractivity contribution is -0.117. The smallest absolute Gasteiger partial charge is 0.281 e. The number of hydrogen-bond acceptors (Lipinski definition) is 10. The first-order valence-corrected chi connectivity index (χ1v) is 6.15. The summed E-state index contributed by atoms with van der Waals surface area (Å²) < 4.78 is 5.35. The molecule has 7 N–H and O–H groups in total. The second-order valence-electron chi connectivity index (χ2n) is 4.77. The summed E-state index contributed by atoms with van der Waals surface area (Å²) in [4.78, 5) is 24.2. The summed E-state index contributed by atoms with van der Waals surface area (Å²) in [5.41, 5.74) is 11.2. The van der Waals surface area contributed by atoms with Crippen molar-refractivity contribution in [2.75, 3.05) is 6.61 Å². The van der Waals surface area contributed by atoms with Crippen LogP contribution in [0.3, 0.4) is 0 Å². The molecule has 3 heterocycles. The minimum Gasteiger partial charge on any atom is -0.394 e. The van der Waals surface area contributed by atoms with Gasteiger partial charge in [0.05, 0.1) is 6.61 Å². The molecular formula is C10H14N6O5. The molecule has 0 saturated carbocycles. The number of aliphatic hydroxyl groups excluding tert-OH is 3. The van der Waals surface area contributed by atoms with Gasteiger partial charge < -0.3 is 31.5 Å². The molecule has 0 aromatic rings. The number of nitrogens with zero attached hydrogens (tertiary/aromatic N) is 4. The number of ether oxygens (including phenoxy) is 1. The van der Waals surface area contributed by atoms with E-state index in [1.54, 1.807) is 0 Å². The van der Waals surface area contributed by atoms with E-state index in [1.807, 2.05) is 0 Å². The van der Waals surface area contributed by atoms with Gasteiger partial charge in [-0.2, -0.15) is 9.98 Å². The molecule has 3 aliphatic heterocycles. The number of carbonyl (C=O) groups is 1. The van der Waals surface area contributed by atoms with Crippen LogP contribution in [-0.4, -0.2) is 81.1 Å². The van der Waals surface area contributed by atoms with Crippen molar-refractivity contribution in [3.05, 3.63) is 0 Å². The van der Waals surface area contributed by atoms with Gasteiger partial charge in [-0.15, -0.1) is 0 Å². The van der Waals surface area contributed by atoms with E-state index < -0.39 is 43.1 Å². The normalized spacial score (nSPS) is 39.0. The zero-order chi connectivity index (χ0) is 15.3. The van der Waals surface area contributed by atoms with E-state index in [-0.39, 0.29) is 17.8 Å². The quantitative estimate of drug-likeness (QED) is 0.339. The minimum atomic E-state index is -1.37. The molecule has 11 nitrogen and oxygen atoms in total. The molecule has 3 rings (SSSR count). The van der Waals surface area contributed by atoms with Crippen LogP contribution in [0, 0.1) is 0 Å². The number of guanidine groups is 2. The zero-order valence-electron chi connectivity index (χ0n) is 10.7. The summed E-state index contributed by atoms with van der Waals surface area (Å²) in [5, 5.41) is 28.9. The third-order valence-electron chi connectivity index (χ3n) is 3.46. The minimum absolute atomic E-state index is 0.0693. The first kappa shape index (κ1) is 13.9. The Balaban J connectivity index is 1.94. The topological polar surface area (TPSA) is 179 Å². The highest BCUT2D eigenvalue weighted by Crippen LogP contribution is 2.28. The van der Waals surface area contributed by atoms with Gasteiger partial charge in [0.2, 0.25) is 5.96 Å². The van der Waals surface area contributed by atoms with Crippen LogP contribution in [0.15, 0.2) is 15.0 Å². The molecule has 0 aromatic heterocycles.